The van der Waals surface area contributed by atoms with Crippen LogP contribution in [-0.2, 0) is 0 Å². The van der Waals surface area contributed by atoms with Crippen molar-refractivity contribution < 1.29 is 0 Å². The summed E-state index contributed by atoms with van der Waals surface area (Å²) in [4.78, 5) is 4.43. The third kappa shape index (κ3) is 2.78. The fourth-order valence-corrected chi connectivity index (χ4v) is 4.72. The number of halogens is 1. The summed E-state index contributed by atoms with van der Waals surface area (Å²) in [6.45, 7) is 4.37. The number of thiophene rings is 1. The largest absolute Gasteiger partial charge is 0.146 e. The summed E-state index contributed by atoms with van der Waals surface area (Å²) < 4.78 is 0. The van der Waals surface area contributed by atoms with E-state index in [-0.39, 0.29) is 0 Å². The highest BCUT2D eigenvalue weighted by atomic mass is 79.9. The molecular weight excluding hydrogens is 312 g/mol. The highest BCUT2D eigenvalue weighted by Crippen LogP contribution is 2.39. The number of hydrogen-bond donors (Lipinski definition) is 0. The number of rotatable bonds is 3. The summed E-state index contributed by atoms with van der Waals surface area (Å²) in [5.74, 6) is 0. The van der Waals surface area contributed by atoms with Gasteiger partial charge in [-0.1, -0.05) is 34.1 Å². The zero-order valence-corrected chi connectivity index (χ0v) is 13.4. The number of hydrogen-bond acceptors (Lipinski definition) is 2. The van der Waals surface area contributed by atoms with E-state index in [4.69, 9.17) is 0 Å². The maximum absolute atomic E-state index is 3.84. The van der Waals surface area contributed by atoms with Gasteiger partial charge in [0.05, 0.1) is 4.83 Å². The van der Waals surface area contributed by atoms with Crippen LogP contribution in [0.5, 0.6) is 0 Å². The van der Waals surface area contributed by atoms with Gasteiger partial charge >= 0.3 is 0 Å². The Morgan fingerprint density at radius 2 is 1.88 bits per heavy atom. The number of benzene rings is 1. The van der Waals surface area contributed by atoms with Gasteiger partial charge in [-0.25, -0.2) is 0 Å². The van der Waals surface area contributed by atoms with E-state index in [9.17, 15) is 0 Å². The maximum Gasteiger partial charge on any atom is 0.0666 e. The Morgan fingerprint density at radius 3 is 2.47 bits per heavy atom. The van der Waals surface area contributed by atoms with E-state index in [0.717, 1.165) is 0 Å². The highest BCUT2D eigenvalue weighted by Gasteiger charge is 2.17. The van der Waals surface area contributed by atoms with Crippen LogP contribution < -0.4 is 0 Å². The number of thioether (sulfide) groups is 1. The summed E-state index contributed by atoms with van der Waals surface area (Å²) >= 11 is 7.52. The molecule has 0 bridgehead atoms. The molecule has 1 unspecified atom stereocenters. The van der Waals surface area contributed by atoms with E-state index in [0.29, 0.717) is 4.83 Å². The first-order chi connectivity index (χ1) is 8.13. The van der Waals surface area contributed by atoms with Crippen LogP contribution in [0.25, 0.3) is 0 Å². The highest BCUT2D eigenvalue weighted by molar-refractivity contribution is 9.09. The first-order valence-electron chi connectivity index (χ1n) is 5.47. The summed E-state index contributed by atoms with van der Waals surface area (Å²) in [6, 6.07) is 10.9. The molecule has 0 saturated heterocycles. The van der Waals surface area contributed by atoms with Crippen LogP contribution in [0, 0.1) is 13.8 Å². The van der Waals surface area contributed by atoms with Gasteiger partial charge in [-0.15, -0.1) is 23.1 Å². The van der Waals surface area contributed by atoms with Crippen LogP contribution in [0.3, 0.4) is 0 Å². The molecule has 90 valence electrons. The van der Waals surface area contributed by atoms with Crippen LogP contribution in [0.1, 0.15) is 25.7 Å². The molecule has 1 aromatic heterocycles. The standard InChI is InChI=1S/C14H15BrS2/c1-9-8-12(10(2)17-9)14(15)11-6-4-5-7-13(11)16-3/h4-8,14H,1-3H3. The van der Waals surface area contributed by atoms with Crippen molar-refractivity contribution in [1.82, 2.24) is 0 Å². The van der Waals surface area contributed by atoms with Crippen LogP contribution in [0.4, 0.5) is 0 Å². The fraction of sp³-hybridized carbons (Fsp3) is 0.286. The Labute approximate surface area is 120 Å². The molecule has 1 aromatic carbocycles. The maximum atomic E-state index is 3.84. The van der Waals surface area contributed by atoms with Crippen LogP contribution in [0.15, 0.2) is 35.2 Å². The lowest BCUT2D eigenvalue weighted by Crippen LogP contribution is -1.94. The van der Waals surface area contributed by atoms with Crippen LogP contribution in [-0.4, -0.2) is 6.26 Å². The predicted molar refractivity (Wildman–Crippen MR) is 82.8 cm³/mol. The molecule has 0 amide bonds. The van der Waals surface area contributed by atoms with Gasteiger partial charge in [0.1, 0.15) is 0 Å². The van der Waals surface area contributed by atoms with Gasteiger partial charge in [0.2, 0.25) is 0 Å². The average Bonchev–Trinajstić information content (AvgIpc) is 2.67. The van der Waals surface area contributed by atoms with E-state index in [1.165, 1.54) is 25.8 Å². The molecule has 0 saturated carbocycles. The molecule has 17 heavy (non-hydrogen) atoms. The van der Waals surface area contributed by atoms with Crippen molar-refractivity contribution in [3.8, 4) is 0 Å². The average molecular weight is 327 g/mol. The molecule has 0 aliphatic carbocycles. The Bertz CT molecular complexity index is 517. The van der Waals surface area contributed by atoms with Crippen LogP contribution in [0.2, 0.25) is 0 Å². The van der Waals surface area contributed by atoms with Gasteiger partial charge < -0.3 is 0 Å². The molecule has 0 aliphatic heterocycles. The first kappa shape index (κ1) is 13.2. The second kappa shape index (κ2) is 5.59. The van der Waals surface area contributed by atoms with Gasteiger partial charge in [-0.2, -0.15) is 0 Å². The molecular formula is C14H15BrS2. The van der Waals surface area contributed by atoms with Crippen LogP contribution >= 0.6 is 39.0 Å². The lowest BCUT2D eigenvalue weighted by atomic mass is 10.1. The monoisotopic (exact) mass is 326 g/mol. The molecule has 1 atom stereocenters. The van der Waals surface area contributed by atoms with E-state index < -0.39 is 0 Å². The zero-order valence-electron chi connectivity index (χ0n) is 10.2. The molecule has 2 aromatic rings. The SMILES string of the molecule is CSc1ccccc1C(Br)c1cc(C)sc1C. The van der Waals surface area contributed by atoms with Crippen molar-refractivity contribution in [3.05, 3.63) is 51.2 Å². The fourth-order valence-electron chi connectivity index (χ4n) is 1.95. The van der Waals surface area contributed by atoms with Crippen molar-refractivity contribution in [2.45, 2.75) is 23.6 Å². The summed E-state index contributed by atoms with van der Waals surface area (Å²) in [5, 5.41) is 0. The van der Waals surface area contributed by atoms with Gasteiger partial charge in [-0.3, -0.25) is 0 Å². The van der Waals surface area contributed by atoms with Gasteiger partial charge in [0.25, 0.3) is 0 Å². The normalized spacial score (nSPS) is 12.7. The van der Waals surface area contributed by atoms with E-state index in [1.807, 2.05) is 11.3 Å². The van der Waals surface area contributed by atoms with Crippen molar-refractivity contribution >= 4 is 39.0 Å². The topological polar surface area (TPSA) is 0 Å². The Hall–Kier alpha value is -0.250. The summed E-state index contributed by atoms with van der Waals surface area (Å²) in [7, 11) is 0. The Balaban J connectivity index is 2.43. The third-order valence-electron chi connectivity index (χ3n) is 2.76. The molecule has 0 fully saturated rings. The molecule has 3 heteroatoms. The summed E-state index contributed by atoms with van der Waals surface area (Å²) in [5.41, 5.74) is 2.76. The number of aryl methyl sites for hydroxylation is 2. The second-order valence-electron chi connectivity index (χ2n) is 3.97. The van der Waals surface area contributed by atoms with Crippen molar-refractivity contribution in [3.63, 3.8) is 0 Å². The molecule has 0 nitrogen and oxygen atoms in total. The lowest BCUT2D eigenvalue weighted by molar-refractivity contribution is 1.11. The van der Waals surface area contributed by atoms with E-state index in [2.05, 4.69) is 66.4 Å². The minimum Gasteiger partial charge on any atom is -0.146 e. The number of alkyl halides is 1. The predicted octanol–water partition coefficient (Wildman–Crippen LogP) is 5.57. The Kier molecular flexibility index (Phi) is 4.34. The van der Waals surface area contributed by atoms with Gasteiger partial charge in [0.15, 0.2) is 0 Å². The summed E-state index contributed by atoms with van der Waals surface area (Å²) in [6.07, 6.45) is 2.13. The minimum absolute atomic E-state index is 0.302. The lowest BCUT2D eigenvalue weighted by Gasteiger charge is -2.13. The van der Waals surface area contributed by atoms with E-state index in [1.54, 1.807) is 11.8 Å². The third-order valence-corrected chi connectivity index (χ3v) is 5.54. The van der Waals surface area contributed by atoms with Crippen molar-refractivity contribution in [2.75, 3.05) is 6.26 Å². The second-order valence-corrected chi connectivity index (χ2v) is 7.20. The van der Waals surface area contributed by atoms with E-state index >= 15 is 0 Å². The quantitative estimate of drug-likeness (QED) is 0.524. The van der Waals surface area contributed by atoms with Gasteiger partial charge in [-0.05, 0) is 43.4 Å². The van der Waals surface area contributed by atoms with Crippen molar-refractivity contribution in [2.24, 2.45) is 0 Å². The van der Waals surface area contributed by atoms with Crippen molar-refractivity contribution in [1.29, 1.82) is 0 Å². The van der Waals surface area contributed by atoms with Gasteiger partial charge in [0, 0.05) is 14.6 Å². The molecule has 2 rings (SSSR count). The first-order valence-corrected chi connectivity index (χ1v) is 8.43. The Morgan fingerprint density at radius 1 is 1.18 bits per heavy atom. The molecule has 0 aliphatic rings. The molecule has 0 spiro atoms. The molecule has 0 radical (unpaired) electrons. The zero-order chi connectivity index (χ0) is 12.4. The molecule has 0 N–H and O–H groups in total. The minimum atomic E-state index is 0.302. The molecule has 1 heterocycles. The smallest absolute Gasteiger partial charge is 0.0666 e.